The lowest BCUT2D eigenvalue weighted by atomic mass is 9.88. The third-order valence-corrected chi connectivity index (χ3v) is 4.93. The Morgan fingerprint density at radius 1 is 1.19 bits per heavy atom. The predicted octanol–water partition coefficient (Wildman–Crippen LogP) is 3.37. The number of hydrogen-bond donors (Lipinski definition) is 1. The summed E-state index contributed by atoms with van der Waals surface area (Å²) >= 11 is 6.11. The van der Waals surface area contributed by atoms with Crippen LogP contribution in [0.25, 0.3) is 0 Å². The maximum Gasteiger partial charge on any atom is 0.255 e. The van der Waals surface area contributed by atoms with Gasteiger partial charge in [-0.25, -0.2) is 0 Å². The molecule has 0 saturated carbocycles. The Hall–Kier alpha value is -0.770. The van der Waals surface area contributed by atoms with Gasteiger partial charge in [0.1, 0.15) is 0 Å². The zero-order valence-corrected chi connectivity index (χ0v) is 13.6. The average Bonchev–Trinajstić information content (AvgIpc) is 3.01. The van der Waals surface area contributed by atoms with E-state index in [4.69, 9.17) is 11.6 Å². The summed E-state index contributed by atoms with van der Waals surface area (Å²) < 4.78 is 0. The standard InChI is InChI=1S/C16H21ClN2O.ClH/c17-14-5-2-1-4-13(14)16(20)19-10-7-12(8-11-19)15-6-3-9-18-15;/h1-2,4-5,12,15,18H,3,6-11H2;1H. The van der Waals surface area contributed by atoms with E-state index in [-0.39, 0.29) is 18.3 Å². The molecule has 2 fully saturated rings. The molecule has 3 rings (SSSR count). The maximum absolute atomic E-state index is 12.5. The SMILES string of the molecule is Cl.O=C(c1ccccc1Cl)N1CCC(C2CCCN2)CC1. The Bertz CT molecular complexity index is 481. The van der Waals surface area contributed by atoms with Gasteiger partial charge in [-0.15, -0.1) is 12.4 Å². The van der Waals surface area contributed by atoms with E-state index in [0.717, 1.165) is 38.4 Å². The summed E-state index contributed by atoms with van der Waals surface area (Å²) in [5.74, 6) is 0.807. The van der Waals surface area contributed by atoms with Crippen LogP contribution < -0.4 is 5.32 Å². The molecule has 1 aromatic rings. The summed E-state index contributed by atoms with van der Waals surface area (Å²) in [6, 6.07) is 8.00. The van der Waals surface area contributed by atoms with Gasteiger partial charge in [-0.05, 0) is 50.3 Å². The summed E-state index contributed by atoms with van der Waals surface area (Å²) in [7, 11) is 0. The second kappa shape index (κ2) is 7.48. The number of halogens is 2. The maximum atomic E-state index is 12.5. The van der Waals surface area contributed by atoms with Crippen LogP contribution in [-0.2, 0) is 0 Å². The number of nitrogens with one attached hydrogen (secondary N) is 1. The van der Waals surface area contributed by atoms with Crippen molar-refractivity contribution < 1.29 is 4.79 Å². The van der Waals surface area contributed by atoms with E-state index in [1.807, 2.05) is 23.1 Å². The molecule has 1 unspecified atom stereocenters. The molecule has 0 spiro atoms. The van der Waals surface area contributed by atoms with Gasteiger partial charge in [0.05, 0.1) is 10.6 Å². The smallest absolute Gasteiger partial charge is 0.255 e. The van der Waals surface area contributed by atoms with Crippen molar-refractivity contribution in [3.63, 3.8) is 0 Å². The van der Waals surface area contributed by atoms with Crippen molar-refractivity contribution in [1.29, 1.82) is 0 Å². The number of likely N-dealkylation sites (tertiary alicyclic amines) is 1. The Kier molecular flexibility index (Phi) is 5.91. The third-order valence-electron chi connectivity index (χ3n) is 4.60. The minimum Gasteiger partial charge on any atom is -0.339 e. The van der Waals surface area contributed by atoms with Gasteiger partial charge in [-0.2, -0.15) is 0 Å². The van der Waals surface area contributed by atoms with Crippen molar-refractivity contribution in [2.24, 2.45) is 5.92 Å². The van der Waals surface area contributed by atoms with Crippen LogP contribution in [0, 0.1) is 5.92 Å². The van der Waals surface area contributed by atoms with E-state index < -0.39 is 0 Å². The average molecular weight is 329 g/mol. The fourth-order valence-corrected chi connectivity index (χ4v) is 3.64. The van der Waals surface area contributed by atoms with Gasteiger partial charge in [0, 0.05) is 19.1 Å². The normalized spacial score (nSPS) is 22.9. The molecule has 0 bridgehead atoms. The number of carbonyl (C=O) groups is 1. The largest absolute Gasteiger partial charge is 0.339 e. The van der Waals surface area contributed by atoms with E-state index in [9.17, 15) is 4.79 Å². The summed E-state index contributed by atoms with van der Waals surface area (Å²) in [6.07, 6.45) is 4.80. The zero-order valence-electron chi connectivity index (χ0n) is 12.1. The fraction of sp³-hybridized carbons (Fsp3) is 0.562. The highest BCUT2D eigenvalue weighted by Crippen LogP contribution is 2.27. The Morgan fingerprint density at radius 3 is 2.52 bits per heavy atom. The first-order chi connectivity index (χ1) is 9.75. The molecule has 2 aliphatic heterocycles. The van der Waals surface area contributed by atoms with Gasteiger partial charge in [-0.1, -0.05) is 23.7 Å². The highest BCUT2D eigenvalue weighted by molar-refractivity contribution is 6.33. The van der Waals surface area contributed by atoms with Gasteiger partial charge >= 0.3 is 0 Å². The highest BCUT2D eigenvalue weighted by Gasteiger charge is 2.30. The Balaban J connectivity index is 0.00000161. The van der Waals surface area contributed by atoms with E-state index in [0.29, 0.717) is 16.6 Å². The first kappa shape index (κ1) is 16.6. The summed E-state index contributed by atoms with van der Waals surface area (Å²) in [4.78, 5) is 14.4. The highest BCUT2D eigenvalue weighted by atomic mass is 35.5. The molecule has 0 aromatic heterocycles. The van der Waals surface area contributed by atoms with Gasteiger partial charge in [0.2, 0.25) is 0 Å². The molecule has 116 valence electrons. The molecule has 2 heterocycles. The van der Waals surface area contributed by atoms with Crippen LogP contribution in [0.5, 0.6) is 0 Å². The lowest BCUT2D eigenvalue weighted by Crippen LogP contribution is -2.43. The van der Waals surface area contributed by atoms with Crippen molar-refractivity contribution in [1.82, 2.24) is 10.2 Å². The lowest BCUT2D eigenvalue weighted by molar-refractivity contribution is 0.0674. The van der Waals surface area contributed by atoms with Gasteiger partial charge < -0.3 is 10.2 Å². The lowest BCUT2D eigenvalue weighted by Gasteiger charge is -2.35. The monoisotopic (exact) mass is 328 g/mol. The molecule has 5 heteroatoms. The quantitative estimate of drug-likeness (QED) is 0.902. The molecule has 3 nitrogen and oxygen atoms in total. The summed E-state index contributed by atoms with van der Waals surface area (Å²) in [5.41, 5.74) is 0.631. The molecular formula is C16H22Cl2N2O. The van der Waals surface area contributed by atoms with Crippen LogP contribution in [0.3, 0.4) is 0 Å². The predicted molar refractivity (Wildman–Crippen MR) is 88.4 cm³/mol. The van der Waals surface area contributed by atoms with Crippen LogP contribution in [-0.4, -0.2) is 36.5 Å². The molecular weight excluding hydrogens is 307 g/mol. The topological polar surface area (TPSA) is 32.3 Å². The molecule has 1 aromatic carbocycles. The number of carbonyl (C=O) groups excluding carboxylic acids is 1. The van der Waals surface area contributed by atoms with Gasteiger partial charge in [-0.3, -0.25) is 4.79 Å². The number of piperidine rings is 1. The van der Waals surface area contributed by atoms with Crippen LogP contribution in [0.1, 0.15) is 36.0 Å². The first-order valence-corrected chi connectivity index (χ1v) is 7.90. The molecule has 21 heavy (non-hydrogen) atoms. The first-order valence-electron chi connectivity index (χ1n) is 7.53. The van der Waals surface area contributed by atoms with Crippen molar-refractivity contribution in [3.05, 3.63) is 34.9 Å². The molecule has 0 radical (unpaired) electrons. The minimum absolute atomic E-state index is 0. The van der Waals surface area contributed by atoms with Crippen LogP contribution in [0.15, 0.2) is 24.3 Å². The van der Waals surface area contributed by atoms with Crippen LogP contribution in [0.4, 0.5) is 0 Å². The Morgan fingerprint density at radius 2 is 1.90 bits per heavy atom. The third kappa shape index (κ3) is 3.71. The molecule has 0 aliphatic carbocycles. The number of hydrogen-bond acceptors (Lipinski definition) is 2. The Labute approximate surface area is 137 Å². The summed E-state index contributed by atoms with van der Waals surface area (Å²) in [5, 5.41) is 4.14. The molecule has 1 amide bonds. The van der Waals surface area contributed by atoms with Gasteiger partial charge in [0.15, 0.2) is 0 Å². The van der Waals surface area contributed by atoms with Crippen LogP contribution >= 0.6 is 24.0 Å². The van der Waals surface area contributed by atoms with Gasteiger partial charge in [0.25, 0.3) is 5.91 Å². The number of benzene rings is 1. The second-order valence-corrected chi connectivity index (χ2v) is 6.22. The molecule has 1 N–H and O–H groups in total. The number of nitrogens with zero attached hydrogens (tertiary/aromatic N) is 1. The van der Waals surface area contributed by atoms with E-state index in [1.54, 1.807) is 6.07 Å². The van der Waals surface area contributed by atoms with Crippen molar-refractivity contribution in [2.45, 2.75) is 31.7 Å². The fourth-order valence-electron chi connectivity index (χ4n) is 3.42. The van der Waals surface area contributed by atoms with E-state index >= 15 is 0 Å². The molecule has 2 aliphatic rings. The van der Waals surface area contributed by atoms with E-state index in [1.165, 1.54) is 12.8 Å². The zero-order chi connectivity index (χ0) is 13.9. The second-order valence-electron chi connectivity index (χ2n) is 5.81. The van der Waals surface area contributed by atoms with E-state index in [2.05, 4.69) is 5.32 Å². The summed E-state index contributed by atoms with van der Waals surface area (Å²) in [6.45, 7) is 2.86. The number of amides is 1. The number of rotatable bonds is 2. The van der Waals surface area contributed by atoms with Crippen molar-refractivity contribution in [2.75, 3.05) is 19.6 Å². The van der Waals surface area contributed by atoms with Crippen LogP contribution in [0.2, 0.25) is 5.02 Å². The van der Waals surface area contributed by atoms with Crippen molar-refractivity contribution in [3.8, 4) is 0 Å². The van der Waals surface area contributed by atoms with Crippen molar-refractivity contribution >= 4 is 29.9 Å². The molecule has 1 atom stereocenters. The molecule has 2 saturated heterocycles. The minimum atomic E-state index is 0.